The van der Waals surface area contributed by atoms with Gasteiger partial charge in [0.25, 0.3) is 0 Å². The lowest BCUT2D eigenvalue weighted by Crippen LogP contribution is -2.21. The second kappa shape index (κ2) is 7.27. The summed E-state index contributed by atoms with van der Waals surface area (Å²) in [6, 6.07) is 12.4. The summed E-state index contributed by atoms with van der Waals surface area (Å²) in [5, 5.41) is 14.1. The third-order valence-electron chi connectivity index (χ3n) is 4.43. The van der Waals surface area contributed by atoms with Gasteiger partial charge < -0.3 is 10.6 Å². The molecular weight excluding hydrogens is 284 g/mol. The molecule has 1 aromatic heterocycles. The molecule has 3 N–H and O–H groups in total. The van der Waals surface area contributed by atoms with Crippen molar-refractivity contribution in [2.45, 2.75) is 44.9 Å². The van der Waals surface area contributed by atoms with E-state index in [2.05, 4.69) is 39.9 Å². The van der Waals surface area contributed by atoms with Gasteiger partial charge in [-0.1, -0.05) is 31.4 Å². The van der Waals surface area contributed by atoms with Crippen LogP contribution in [0.5, 0.6) is 0 Å². The van der Waals surface area contributed by atoms with E-state index in [1.54, 1.807) is 6.20 Å². The first-order valence-corrected chi connectivity index (χ1v) is 8.36. The molecule has 0 unspecified atom stereocenters. The maximum absolute atomic E-state index is 8.02. The van der Waals surface area contributed by atoms with Crippen LogP contribution in [0.2, 0.25) is 0 Å². The zero-order valence-corrected chi connectivity index (χ0v) is 13.6. The summed E-state index contributed by atoms with van der Waals surface area (Å²) in [6.45, 7) is 2.01. The van der Waals surface area contributed by atoms with Crippen molar-refractivity contribution >= 4 is 17.5 Å². The highest BCUT2D eigenvalue weighted by molar-refractivity contribution is 6.00. The molecule has 0 bridgehead atoms. The van der Waals surface area contributed by atoms with Crippen molar-refractivity contribution < 1.29 is 0 Å². The molecule has 0 atom stereocenters. The largest absolute Gasteiger partial charge is 0.326 e. The van der Waals surface area contributed by atoms with Gasteiger partial charge in [-0.25, -0.2) is 4.98 Å². The lowest BCUT2D eigenvalue weighted by molar-refractivity contribution is 0.443. The van der Waals surface area contributed by atoms with Crippen LogP contribution < -0.4 is 10.6 Å². The standard InChI is InChI=1S/C19H24N4/c1-14-11-12-21-18(13-14)23-19(20)22-17-9-7-16(8-10-17)15-5-3-2-4-6-15/h7-13,15H,2-6H2,1H3,(H3,20,21,22,23). The molecule has 1 fully saturated rings. The number of hydrogen-bond acceptors (Lipinski definition) is 2. The number of anilines is 2. The maximum Gasteiger partial charge on any atom is 0.198 e. The number of aromatic nitrogens is 1. The highest BCUT2D eigenvalue weighted by Gasteiger charge is 2.15. The minimum Gasteiger partial charge on any atom is -0.326 e. The molecule has 1 saturated carbocycles. The fraction of sp³-hybridized carbons (Fsp3) is 0.368. The second-order valence-corrected chi connectivity index (χ2v) is 6.30. The molecule has 3 rings (SSSR count). The molecule has 120 valence electrons. The lowest BCUT2D eigenvalue weighted by Gasteiger charge is -2.22. The molecule has 0 amide bonds. The quantitative estimate of drug-likeness (QED) is 0.558. The van der Waals surface area contributed by atoms with E-state index < -0.39 is 0 Å². The highest BCUT2D eigenvalue weighted by atomic mass is 15.2. The molecule has 1 aliphatic carbocycles. The van der Waals surface area contributed by atoms with Crippen LogP contribution in [-0.4, -0.2) is 10.9 Å². The monoisotopic (exact) mass is 308 g/mol. The summed E-state index contributed by atoms with van der Waals surface area (Å²) in [5.74, 6) is 1.63. The Bertz CT molecular complexity index is 657. The molecule has 2 aromatic rings. The van der Waals surface area contributed by atoms with Crippen LogP contribution >= 0.6 is 0 Å². The van der Waals surface area contributed by atoms with E-state index in [1.807, 2.05) is 19.1 Å². The number of rotatable bonds is 3. The summed E-state index contributed by atoms with van der Waals surface area (Å²) in [5.41, 5.74) is 3.47. The van der Waals surface area contributed by atoms with Crippen molar-refractivity contribution in [3.8, 4) is 0 Å². The molecule has 0 aliphatic heterocycles. The van der Waals surface area contributed by atoms with Crippen molar-refractivity contribution in [1.29, 1.82) is 5.41 Å². The van der Waals surface area contributed by atoms with E-state index in [1.165, 1.54) is 37.7 Å². The topological polar surface area (TPSA) is 60.8 Å². The summed E-state index contributed by atoms with van der Waals surface area (Å²) in [7, 11) is 0. The molecule has 0 radical (unpaired) electrons. The van der Waals surface area contributed by atoms with Crippen LogP contribution in [0, 0.1) is 12.3 Å². The second-order valence-electron chi connectivity index (χ2n) is 6.30. The highest BCUT2D eigenvalue weighted by Crippen LogP contribution is 2.32. The number of pyridine rings is 1. The van der Waals surface area contributed by atoms with Crippen LogP contribution in [0.4, 0.5) is 11.5 Å². The zero-order chi connectivity index (χ0) is 16.1. The Hall–Kier alpha value is -2.36. The third-order valence-corrected chi connectivity index (χ3v) is 4.43. The number of nitrogens with zero attached hydrogens (tertiary/aromatic N) is 1. The van der Waals surface area contributed by atoms with Gasteiger partial charge in [0.15, 0.2) is 5.96 Å². The SMILES string of the molecule is Cc1ccnc(NC(=N)Nc2ccc(C3CCCCC3)cc2)c1. The van der Waals surface area contributed by atoms with Gasteiger partial charge in [0, 0.05) is 11.9 Å². The Morgan fingerprint density at radius 3 is 2.48 bits per heavy atom. The van der Waals surface area contributed by atoms with Crippen molar-refractivity contribution in [3.63, 3.8) is 0 Å². The fourth-order valence-corrected chi connectivity index (χ4v) is 3.18. The summed E-state index contributed by atoms with van der Waals surface area (Å²) < 4.78 is 0. The minimum atomic E-state index is 0.230. The van der Waals surface area contributed by atoms with Gasteiger partial charge in [0.2, 0.25) is 0 Å². The first kappa shape index (κ1) is 15.5. The first-order chi connectivity index (χ1) is 11.2. The smallest absolute Gasteiger partial charge is 0.198 e. The van der Waals surface area contributed by atoms with Gasteiger partial charge in [0.05, 0.1) is 0 Å². The third kappa shape index (κ3) is 4.31. The van der Waals surface area contributed by atoms with Crippen LogP contribution in [-0.2, 0) is 0 Å². The molecule has 4 nitrogen and oxygen atoms in total. The van der Waals surface area contributed by atoms with Crippen molar-refractivity contribution in [1.82, 2.24) is 4.98 Å². The van der Waals surface area contributed by atoms with Crippen molar-refractivity contribution in [2.75, 3.05) is 10.6 Å². The predicted octanol–water partition coefficient (Wildman–Crippen LogP) is 4.90. The van der Waals surface area contributed by atoms with Gasteiger partial charge in [-0.15, -0.1) is 0 Å². The number of benzene rings is 1. The Balaban J connectivity index is 1.58. The zero-order valence-electron chi connectivity index (χ0n) is 13.6. The normalized spacial score (nSPS) is 15.2. The molecule has 0 saturated heterocycles. The summed E-state index contributed by atoms with van der Waals surface area (Å²) >= 11 is 0. The molecule has 1 aliphatic rings. The molecule has 0 spiro atoms. The van der Waals surface area contributed by atoms with Crippen LogP contribution in [0.15, 0.2) is 42.6 Å². The van der Waals surface area contributed by atoms with Gasteiger partial charge in [0.1, 0.15) is 5.82 Å². The van der Waals surface area contributed by atoms with E-state index in [4.69, 9.17) is 5.41 Å². The van der Waals surface area contributed by atoms with Crippen molar-refractivity contribution in [2.24, 2.45) is 0 Å². The number of aryl methyl sites for hydroxylation is 1. The predicted molar refractivity (Wildman–Crippen MR) is 96.2 cm³/mol. The van der Waals surface area contributed by atoms with Crippen molar-refractivity contribution in [3.05, 3.63) is 53.7 Å². The Kier molecular flexibility index (Phi) is 4.91. The molecular formula is C19H24N4. The van der Waals surface area contributed by atoms with Gasteiger partial charge in [-0.2, -0.15) is 0 Å². The van der Waals surface area contributed by atoms with E-state index >= 15 is 0 Å². The Morgan fingerprint density at radius 1 is 1.04 bits per heavy atom. The van der Waals surface area contributed by atoms with E-state index in [-0.39, 0.29) is 5.96 Å². The van der Waals surface area contributed by atoms with Gasteiger partial charge >= 0.3 is 0 Å². The van der Waals surface area contributed by atoms with Gasteiger partial charge in [-0.3, -0.25) is 5.41 Å². The average Bonchev–Trinajstić information content (AvgIpc) is 2.56. The Labute approximate surface area is 137 Å². The summed E-state index contributed by atoms with van der Waals surface area (Å²) in [4.78, 5) is 4.20. The Morgan fingerprint density at radius 2 is 1.78 bits per heavy atom. The van der Waals surface area contributed by atoms with Crippen LogP contribution in [0.3, 0.4) is 0 Å². The number of nitrogens with one attached hydrogen (secondary N) is 3. The first-order valence-electron chi connectivity index (χ1n) is 8.36. The fourth-order valence-electron chi connectivity index (χ4n) is 3.18. The van der Waals surface area contributed by atoms with Crippen LogP contribution in [0.25, 0.3) is 0 Å². The van der Waals surface area contributed by atoms with E-state index in [9.17, 15) is 0 Å². The van der Waals surface area contributed by atoms with Gasteiger partial charge in [-0.05, 0) is 61.1 Å². The lowest BCUT2D eigenvalue weighted by atomic mass is 9.84. The van der Waals surface area contributed by atoms with E-state index in [0.29, 0.717) is 11.7 Å². The molecule has 1 heterocycles. The summed E-state index contributed by atoms with van der Waals surface area (Å²) in [6.07, 6.45) is 8.44. The van der Waals surface area contributed by atoms with Crippen LogP contribution in [0.1, 0.15) is 49.1 Å². The molecule has 4 heteroatoms. The number of guanidine groups is 1. The number of hydrogen-bond donors (Lipinski definition) is 3. The minimum absolute atomic E-state index is 0.230. The molecule has 1 aromatic carbocycles. The average molecular weight is 308 g/mol. The van der Waals surface area contributed by atoms with E-state index in [0.717, 1.165) is 11.3 Å². The maximum atomic E-state index is 8.02. The molecule has 23 heavy (non-hydrogen) atoms.